The van der Waals surface area contributed by atoms with E-state index in [2.05, 4.69) is 21.8 Å². The van der Waals surface area contributed by atoms with Gasteiger partial charge in [0.2, 0.25) is 0 Å². The number of nitrogens with two attached hydrogens (primary N) is 1. The molecule has 0 aliphatic heterocycles. The molecule has 0 radical (unpaired) electrons. The molecule has 2 rings (SSSR count). The Kier molecular flexibility index (Phi) is 5.41. The van der Waals surface area contributed by atoms with Crippen LogP contribution in [-0.4, -0.2) is 17.6 Å². The summed E-state index contributed by atoms with van der Waals surface area (Å²) in [5, 5.41) is 4.21. The Morgan fingerprint density at radius 3 is 2.67 bits per heavy atom. The molecular formula is C15H21N3O2S. The number of anilines is 2. The Hall–Kier alpha value is -1.79. The van der Waals surface area contributed by atoms with Gasteiger partial charge in [0.1, 0.15) is 0 Å². The molecule has 0 saturated heterocycles. The van der Waals surface area contributed by atoms with Crippen molar-refractivity contribution in [1.29, 1.82) is 0 Å². The highest BCUT2D eigenvalue weighted by Gasteiger charge is 2.14. The van der Waals surface area contributed by atoms with Gasteiger partial charge in [-0.25, -0.2) is 0 Å². The summed E-state index contributed by atoms with van der Waals surface area (Å²) in [5.74, 6) is 1.07. The summed E-state index contributed by atoms with van der Waals surface area (Å²) >= 11 is 1.31. The van der Waals surface area contributed by atoms with Gasteiger partial charge in [0.05, 0.1) is 12.7 Å². The molecule has 0 unspecified atom stereocenters. The van der Waals surface area contributed by atoms with Gasteiger partial charge in [-0.05, 0) is 36.5 Å². The molecule has 114 valence electrons. The van der Waals surface area contributed by atoms with Crippen LogP contribution in [0.4, 0.5) is 10.8 Å². The largest absolute Gasteiger partial charge is 0.484 e. The van der Waals surface area contributed by atoms with Gasteiger partial charge in [-0.15, -0.1) is 0 Å². The molecule has 1 aromatic heterocycles. The molecule has 0 amide bonds. The molecular weight excluding hydrogens is 286 g/mol. The second-order valence-electron chi connectivity index (χ2n) is 4.95. The fourth-order valence-electron chi connectivity index (χ4n) is 1.96. The zero-order chi connectivity index (χ0) is 15.2. The van der Waals surface area contributed by atoms with Crippen molar-refractivity contribution in [1.82, 2.24) is 4.37 Å². The van der Waals surface area contributed by atoms with Crippen LogP contribution in [0.2, 0.25) is 0 Å². The fourth-order valence-corrected chi connectivity index (χ4v) is 2.60. The number of nitrogens with one attached hydrogen (secondary N) is 1. The van der Waals surface area contributed by atoms with Crippen molar-refractivity contribution in [3.63, 3.8) is 0 Å². The third-order valence-corrected chi connectivity index (χ3v) is 3.69. The van der Waals surface area contributed by atoms with E-state index in [4.69, 9.17) is 15.2 Å². The first-order valence-corrected chi connectivity index (χ1v) is 7.60. The molecule has 0 aliphatic rings. The van der Waals surface area contributed by atoms with Crippen molar-refractivity contribution in [2.75, 3.05) is 18.2 Å². The van der Waals surface area contributed by atoms with E-state index in [1.54, 1.807) is 7.11 Å². The number of nitrogen functional groups attached to an aromatic ring is 1. The van der Waals surface area contributed by atoms with Crippen LogP contribution in [0.5, 0.6) is 5.75 Å². The van der Waals surface area contributed by atoms with Gasteiger partial charge in [-0.2, -0.15) is 4.37 Å². The number of hydrogen-bond acceptors (Lipinski definition) is 6. The highest BCUT2D eigenvalue weighted by Crippen LogP contribution is 2.36. The smallest absolute Gasteiger partial charge is 0.197 e. The van der Waals surface area contributed by atoms with E-state index in [0.29, 0.717) is 24.7 Å². The van der Waals surface area contributed by atoms with E-state index >= 15 is 0 Å². The summed E-state index contributed by atoms with van der Waals surface area (Å²) in [5.41, 5.74) is 8.20. The summed E-state index contributed by atoms with van der Waals surface area (Å²) in [6.07, 6.45) is 0.0602. The third-order valence-electron chi connectivity index (χ3n) is 2.89. The number of nitrogens with zero attached hydrogens (tertiary/aromatic N) is 1. The van der Waals surface area contributed by atoms with Gasteiger partial charge in [0, 0.05) is 13.7 Å². The van der Waals surface area contributed by atoms with Crippen molar-refractivity contribution in [3.05, 3.63) is 35.4 Å². The van der Waals surface area contributed by atoms with Crippen LogP contribution in [0.15, 0.2) is 24.3 Å². The molecule has 0 saturated carbocycles. The molecule has 5 nitrogen and oxygen atoms in total. The summed E-state index contributed by atoms with van der Waals surface area (Å²) in [7, 11) is 1.70. The topological polar surface area (TPSA) is 69.4 Å². The second-order valence-corrected chi connectivity index (χ2v) is 5.72. The van der Waals surface area contributed by atoms with Gasteiger partial charge < -0.3 is 20.5 Å². The van der Waals surface area contributed by atoms with Crippen LogP contribution in [0.25, 0.3) is 0 Å². The minimum absolute atomic E-state index is 0.0602. The van der Waals surface area contributed by atoms with Gasteiger partial charge in [-0.1, -0.05) is 24.3 Å². The molecule has 1 aromatic carbocycles. The Morgan fingerprint density at radius 2 is 2.00 bits per heavy atom. The molecule has 0 fully saturated rings. The molecule has 0 spiro atoms. The number of hydrogen-bond donors (Lipinski definition) is 2. The molecule has 3 N–H and O–H groups in total. The minimum atomic E-state index is 0.0602. The molecule has 1 heterocycles. The Bertz CT molecular complexity index is 584. The molecule has 0 bridgehead atoms. The Labute approximate surface area is 129 Å². The minimum Gasteiger partial charge on any atom is -0.484 e. The first kappa shape index (κ1) is 15.6. The predicted octanol–water partition coefficient (Wildman–Crippen LogP) is 3.27. The number of ether oxygens (including phenoxy) is 2. The monoisotopic (exact) mass is 307 g/mol. The summed E-state index contributed by atoms with van der Waals surface area (Å²) in [4.78, 5) is 0. The van der Waals surface area contributed by atoms with E-state index in [9.17, 15) is 0 Å². The predicted molar refractivity (Wildman–Crippen MR) is 86.8 cm³/mol. The number of methoxy groups -OCH3 is 1. The van der Waals surface area contributed by atoms with Crippen molar-refractivity contribution in [3.8, 4) is 5.75 Å². The number of rotatable bonds is 7. The lowest BCUT2D eigenvalue weighted by Crippen LogP contribution is -2.09. The highest BCUT2D eigenvalue weighted by atomic mass is 32.1. The van der Waals surface area contributed by atoms with Crippen molar-refractivity contribution in [2.24, 2.45) is 0 Å². The van der Waals surface area contributed by atoms with Crippen LogP contribution in [0, 0.1) is 0 Å². The van der Waals surface area contributed by atoms with E-state index in [0.717, 1.165) is 10.6 Å². The lowest BCUT2D eigenvalue weighted by molar-refractivity contribution is 0.184. The average Bonchev–Trinajstić information content (AvgIpc) is 2.79. The summed E-state index contributed by atoms with van der Waals surface area (Å²) in [6.45, 7) is 5.21. The van der Waals surface area contributed by atoms with E-state index in [1.165, 1.54) is 17.1 Å². The van der Waals surface area contributed by atoms with Gasteiger partial charge in [-0.3, -0.25) is 0 Å². The lowest BCUT2D eigenvalue weighted by Gasteiger charge is -2.13. The quantitative estimate of drug-likeness (QED) is 0.821. The van der Waals surface area contributed by atoms with Gasteiger partial charge >= 0.3 is 0 Å². The van der Waals surface area contributed by atoms with Crippen LogP contribution < -0.4 is 15.8 Å². The lowest BCUT2D eigenvalue weighted by atomic mass is 10.1. The van der Waals surface area contributed by atoms with E-state index in [1.807, 2.05) is 26.0 Å². The number of benzene rings is 1. The van der Waals surface area contributed by atoms with Gasteiger partial charge in [0.15, 0.2) is 16.6 Å². The standard InChI is InChI=1S/C15H21N3O2S/c1-10(2)20-13-14(16)18-21-15(13)17-8-11-6-4-5-7-12(11)9-19-3/h4-7,10,17H,8-9H2,1-3H3,(H2,16,18). The summed E-state index contributed by atoms with van der Waals surface area (Å²) in [6, 6.07) is 8.17. The maximum absolute atomic E-state index is 5.85. The average molecular weight is 307 g/mol. The van der Waals surface area contributed by atoms with E-state index < -0.39 is 0 Å². The highest BCUT2D eigenvalue weighted by molar-refractivity contribution is 7.11. The van der Waals surface area contributed by atoms with Crippen LogP contribution in [0.1, 0.15) is 25.0 Å². The molecule has 6 heteroatoms. The zero-order valence-electron chi connectivity index (χ0n) is 12.6. The molecule has 0 aliphatic carbocycles. The van der Waals surface area contributed by atoms with Crippen molar-refractivity contribution < 1.29 is 9.47 Å². The van der Waals surface area contributed by atoms with Crippen LogP contribution >= 0.6 is 11.5 Å². The normalized spacial score (nSPS) is 10.9. The van der Waals surface area contributed by atoms with Crippen LogP contribution in [0.3, 0.4) is 0 Å². The maximum atomic E-state index is 5.85. The fraction of sp³-hybridized carbons (Fsp3) is 0.400. The van der Waals surface area contributed by atoms with Gasteiger partial charge in [0.25, 0.3) is 0 Å². The van der Waals surface area contributed by atoms with Crippen molar-refractivity contribution >= 4 is 22.4 Å². The van der Waals surface area contributed by atoms with E-state index in [-0.39, 0.29) is 6.10 Å². The molecule has 2 aromatic rings. The van der Waals surface area contributed by atoms with Crippen molar-refractivity contribution in [2.45, 2.75) is 33.1 Å². The van der Waals surface area contributed by atoms with Crippen LogP contribution in [-0.2, 0) is 17.9 Å². The first-order valence-electron chi connectivity index (χ1n) is 6.83. The first-order chi connectivity index (χ1) is 10.1. The SMILES string of the molecule is COCc1ccccc1CNc1snc(N)c1OC(C)C. The molecule has 21 heavy (non-hydrogen) atoms. The summed E-state index contributed by atoms with van der Waals surface area (Å²) < 4.78 is 15.1. The maximum Gasteiger partial charge on any atom is 0.197 e. The number of aromatic nitrogens is 1. The third kappa shape index (κ3) is 4.09. The Morgan fingerprint density at radius 1 is 1.29 bits per heavy atom. The Balaban J connectivity index is 2.10. The zero-order valence-corrected chi connectivity index (χ0v) is 13.4. The molecule has 0 atom stereocenters. The second kappa shape index (κ2) is 7.28.